The maximum atomic E-state index is 11.7. The Morgan fingerprint density at radius 3 is 1.40 bits per heavy atom. The van der Waals surface area contributed by atoms with Crippen LogP contribution < -0.4 is 29.6 Å². The molecule has 0 rings (SSSR count). The van der Waals surface area contributed by atoms with Gasteiger partial charge in [-0.1, -0.05) is 4.32 Å². The quantitative estimate of drug-likeness (QED) is 0.283. The van der Waals surface area contributed by atoms with E-state index >= 15 is 0 Å². The molecule has 1 nitrogen and oxygen atoms in total. The van der Waals surface area contributed by atoms with Crippen LogP contribution in [0.25, 0.3) is 0 Å². The Kier molecular flexibility index (Phi) is 7.75. The molecular weight excluding hydrogens is 275 g/mol. The van der Waals surface area contributed by atoms with Crippen molar-refractivity contribution in [2.24, 2.45) is 0 Å². The molecule has 0 aromatic rings. The fraction of sp³-hybridized carbons (Fsp3) is 0.800. The first-order chi connectivity index (χ1) is 6.01. The molecule has 0 aliphatic rings. The Labute approximate surface area is 115 Å². The number of halogens is 6. The van der Waals surface area contributed by atoms with Gasteiger partial charge >= 0.3 is 41.9 Å². The minimum Gasteiger partial charge on any atom is -0.411 e. The number of thiocarbonyl (C=S) groups is 1. The zero-order chi connectivity index (χ0) is 11.6. The molecule has 0 atom stereocenters. The summed E-state index contributed by atoms with van der Waals surface area (Å²) in [5.41, 5.74) is 0. The Balaban J connectivity index is 0. The molecule has 0 aromatic carbocycles. The van der Waals surface area contributed by atoms with E-state index < -0.39 is 29.8 Å². The minimum absolute atomic E-state index is 0. The van der Waals surface area contributed by atoms with Gasteiger partial charge < -0.3 is 29.7 Å². The molecule has 0 aliphatic heterocycles. The maximum Gasteiger partial charge on any atom is 1.00 e. The molecule has 0 bridgehead atoms. The third-order valence-electron chi connectivity index (χ3n) is 0.998. The van der Waals surface area contributed by atoms with Crippen LogP contribution in [0.15, 0.2) is 0 Å². The molecule has 15 heavy (non-hydrogen) atoms. The van der Waals surface area contributed by atoms with Crippen molar-refractivity contribution < 1.29 is 55.9 Å². The zero-order valence-corrected chi connectivity index (χ0v) is 11.1. The van der Waals surface area contributed by atoms with Crippen molar-refractivity contribution in [3.05, 3.63) is 0 Å². The molecule has 0 unspecified atom stereocenters. The summed E-state index contributed by atoms with van der Waals surface area (Å²) >= 11 is 8.19. The van der Waals surface area contributed by atoms with E-state index in [1.54, 1.807) is 0 Å². The van der Waals surface area contributed by atoms with Gasteiger partial charge in [-0.3, -0.25) is 0 Å². The zero-order valence-electron chi connectivity index (χ0n) is 7.45. The van der Waals surface area contributed by atoms with Crippen molar-refractivity contribution in [3.63, 3.8) is 0 Å². The largest absolute Gasteiger partial charge is 1.00 e. The molecule has 0 heterocycles. The Morgan fingerprint density at radius 2 is 1.27 bits per heavy atom. The van der Waals surface area contributed by atoms with Crippen LogP contribution in [0.4, 0.5) is 26.3 Å². The van der Waals surface area contributed by atoms with Gasteiger partial charge in [0.05, 0.1) is 0 Å². The van der Waals surface area contributed by atoms with Gasteiger partial charge in [0.1, 0.15) is 13.1 Å². The summed E-state index contributed by atoms with van der Waals surface area (Å²) in [6.07, 6.45) is -9.51. The molecule has 0 saturated carbocycles. The van der Waals surface area contributed by atoms with Crippen LogP contribution in [-0.2, 0) is 12.6 Å². The minimum atomic E-state index is -4.76. The summed E-state index contributed by atoms with van der Waals surface area (Å²) in [6.45, 7) is -3.57. The van der Waals surface area contributed by atoms with Gasteiger partial charge in [-0.05, 0) is 0 Å². The van der Waals surface area contributed by atoms with Gasteiger partial charge in [0.25, 0.3) is 0 Å². The molecular formula is C5H4F6NNaS2. The Bertz CT molecular complexity index is 199. The maximum absolute atomic E-state index is 11.7. The fourth-order valence-electron chi connectivity index (χ4n) is 0.618. The van der Waals surface area contributed by atoms with E-state index in [9.17, 15) is 26.3 Å². The SMILES string of the molecule is FC(F)(F)CN(CC(F)(F)F)C(=S)[S-].[Na+]. The van der Waals surface area contributed by atoms with Crippen molar-refractivity contribution in [1.29, 1.82) is 0 Å². The third-order valence-corrected chi connectivity index (χ3v) is 1.51. The number of hydrogen-bond acceptors (Lipinski definition) is 2. The van der Waals surface area contributed by atoms with Gasteiger partial charge in [0, 0.05) is 0 Å². The van der Waals surface area contributed by atoms with E-state index in [1.807, 2.05) is 0 Å². The topological polar surface area (TPSA) is 3.24 Å². The van der Waals surface area contributed by atoms with E-state index in [2.05, 4.69) is 24.8 Å². The standard InChI is InChI=1S/C5H5F6NS2.Na/c6-4(7,8)1-12(3(13)14)2-5(9,10)11;/h1-2H2,(H,13,14);/q;+1/p-1. The van der Waals surface area contributed by atoms with Gasteiger partial charge in [-0.2, -0.15) is 26.3 Å². The number of rotatable bonds is 2. The van der Waals surface area contributed by atoms with E-state index in [-0.39, 0.29) is 34.5 Å². The molecule has 0 radical (unpaired) electrons. The van der Waals surface area contributed by atoms with Crippen molar-refractivity contribution in [3.8, 4) is 0 Å². The van der Waals surface area contributed by atoms with Crippen LogP contribution in [0.2, 0.25) is 0 Å². The van der Waals surface area contributed by atoms with Crippen molar-refractivity contribution >= 4 is 29.2 Å². The van der Waals surface area contributed by atoms with Gasteiger partial charge in [-0.25, -0.2) is 0 Å². The summed E-state index contributed by atoms with van der Waals surface area (Å²) in [7, 11) is 0. The molecule has 0 aliphatic carbocycles. The molecule has 0 N–H and O–H groups in total. The summed E-state index contributed by atoms with van der Waals surface area (Å²) in [5.74, 6) is 0. The molecule has 0 aromatic heterocycles. The van der Waals surface area contributed by atoms with E-state index in [0.29, 0.717) is 0 Å². The van der Waals surface area contributed by atoms with E-state index in [1.165, 1.54) is 0 Å². The normalized spacial score (nSPS) is 11.9. The first-order valence-corrected chi connectivity index (χ1v) is 3.92. The number of nitrogens with zero attached hydrogens (tertiary/aromatic N) is 1. The van der Waals surface area contributed by atoms with Crippen LogP contribution in [-0.4, -0.2) is 34.7 Å². The second-order valence-corrected chi connectivity index (χ2v) is 3.38. The van der Waals surface area contributed by atoms with Crippen LogP contribution in [0.1, 0.15) is 0 Å². The molecule has 0 fully saturated rings. The second-order valence-electron chi connectivity index (χ2n) is 2.35. The molecule has 84 valence electrons. The fourth-order valence-corrected chi connectivity index (χ4v) is 0.876. The predicted molar refractivity (Wildman–Crippen MR) is 43.6 cm³/mol. The average Bonchev–Trinajstić information content (AvgIpc) is 1.78. The molecule has 0 saturated heterocycles. The number of hydrogen-bond donors (Lipinski definition) is 0. The predicted octanol–water partition coefficient (Wildman–Crippen LogP) is -0.751. The summed E-state index contributed by atoms with van der Waals surface area (Å²) in [4.78, 5) is -0.120. The van der Waals surface area contributed by atoms with E-state index in [4.69, 9.17) is 0 Å². The van der Waals surface area contributed by atoms with Crippen LogP contribution in [0.5, 0.6) is 0 Å². The molecule has 0 spiro atoms. The first kappa shape index (κ1) is 18.1. The first-order valence-electron chi connectivity index (χ1n) is 3.11. The number of alkyl halides is 6. The smallest absolute Gasteiger partial charge is 0.411 e. The van der Waals surface area contributed by atoms with Gasteiger partial charge in [0.2, 0.25) is 0 Å². The second kappa shape index (κ2) is 6.43. The van der Waals surface area contributed by atoms with Crippen molar-refractivity contribution in [2.75, 3.05) is 13.1 Å². The Morgan fingerprint density at radius 1 is 1.00 bits per heavy atom. The van der Waals surface area contributed by atoms with Crippen molar-refractivity contribution in [1.82, 2.24) is 4.90 Å². The molecule has 10 heteroatoms. The molecule has 0 amide bonds. The van der Waals surface area contributed by atoms with Crippen LogP contribution >= 0.6 is 12.2 Å². The van der Waals surface area contributed by atoms with Gasteiger partial charge in [-0.15, -0.1) is 0 Å². The summed E-state index contributed by atoms with van der Waals surface area (Å²) < 4.78 is 69.5. The monoisotopic (exact) mass is 279 g/mol. The van der Waals surface area contributed by atoms with Gasteiger partial charge in [0.15, 0.2) is 0 Å². The Hall–Kier alpha value is 0.690. The third kappa shape index (κ3) is 11.0. The average molecular weight is 279 g/mol. The summed E-state index contributed by atoms with van der Waals surface area (Å²) in [6, 6.07) is 0. The van der Waals surface area contributed by atoms with Crippen molar-refractivity contribution in [2.45, 2.75) is 12.4 Å². The summed E-state index contributed by atoms with van der Waals surface area (Å²) in [5, 5.41) is 0. The van der Waals surface area contributed by atoms with Crippen LogP contribution in [0, 0.1) is 0 Å². The van der Waals surface area contributed by atoms with E-state index in [0.717, 1.165) is 0 Å². The van der Waals surface area contributed by atoms with Crippen LogP contribution in [0.3, 0.4) is 0 Å².